The summed E-state index contributed by atoms with van der Waals surface area (Å²) >= 11 is 13.4. The maximum Gasteiger partial charge on any atom is 0.124 e. The zero-order chi connectivity index (χ0) is 13.0. The summed E-state index contributed by atoms with van der Waals surface area (Å²) in [6, 6.07) is 8.38. The Kier molecular flexibility index (Phi) is 5.01. The third-order valence-corrected chi connectivity index (χ3v) is 4.15. The minimum absolute atomic E-state index is 0.308. The fourth-order valence-electron chi connectivity index (χ4n) is 1.59. The average molecular weight is 304 g/mol. The van der Waals surface area contributed by atoms with Gasteiger partial charge < -0.3 is 5.32 Å². The number of halogens is 3. The van der Waals surface area contributed by atoms with E-state index in [2.05, 4.69) is 5.32 Å². The minimum atomic E-state index is -0.308. The van der Waals surface area contributed by atoms with Crippen LogP contribution in [0.15, 0.2) is 30.3 Å². The van der Waals surface area contributed by atoms with E-state index in [9.17, 15) is 4.39 Å². The molecule has 0 saturated heterocycles. The Balaban J connectivity index is 1.78. The van der Waals surface area contributed by atoms with Crippen LogP contribution in [-0.2, 0) is 13.0 Å². The maximum absolute atomic E-state index is 12.8. The molecule has 0 unspecified atom stereocenters. The van der Waals surface area contributed by atoms with E-state index in [1.807, 2.05) is 12.1 Å². The van der Waals surface area contributed by atoms with E-state index >= 15 is 0 Å². The van der Waals surface area contributed by atoms with Crippen molar-refractivity contribution in [3.05, 3.63) is 55.9 Å². The molecule has 0 aliphatic heterocycles. The highest BCUT2D eigenvalue weighted by Crippen LogP contribution is 2.21. The standard InChI is InChI=1S/C13H12Cl2FNS/c14-12-7-10(16)2-1-9(12)8-17-6-5-11-3-4-13(15)18-11/h1-4,7,17H,5-6,8H2. The van der Waals surface area contributed by atoms with E-state index in [0.29, 0.717) is 11.6 Å². The molecule has 0 atom stereocenters. The van der Waals surface area contributed by atoms with E-state index in [1.165, 1.54) is 17.0 Å². The van der Waals surface area contributed by atoms with Crippen LogP contribution in [0.4, 0.5) is 4.39 Å². The van der Waals surface area contributed by atoms with E-state index in [0.717, 1.165) is 22.9 Å². The van der Waals surface area contributed by atoms with E-state index in [1.54, 1.807) is 17.4 Å². The number of nitrogens with one attached hydrogen (secondary N) is 1. The van der Waals surface area contributed by atoms with E-state index in [-0.39, 0.29) is 5.82 Å². The van der Waals surface area contributed by atoms with Crippen LogP contribution in [0.5, 0.6) is 0 Å². The van der Waals surface area contributed by atoms with Crippen molar-refractivity contribution in [1.82, 2.24) is 5.32 Å². The molecule has 1 nitrogen and oxygen atoms in total. The lowest BCUT2D eigenvalue weighted by atomic mass is 10.2. The number of hydrogen-bond donors (Lipinski definition) is 1. The van der Waals surface area contributed by atoms with Crippen molar-refractivity contribution in [1.29, 1.82) is 0 Å². The molecule has 1 aromatic carbocycles. The van der Waals surface area contributed by atoms with E-state index < -0.39 is 0 Å². The first kappa shape index (κ1) is 13.8. The highest BCUT2D eigenvalue weighted by atomic mass is 35.5. The molecule has 0 aliphatic rings. The Hall–Kier alpha value is -0.610. The molecule has 1 N–H and O–H groups in total. The molecule has 0 amide bonds. The first-order valence-electron chi connectivity index (χ1n) is 5.54. The van der Waals surface area contributed by atoms with Gasteiger partial charge in [0.1, 0.15) is 5.82 Å². The van der Waals surface area contributed by atoms with Crippen molar-refractivity contribution >= 4 is 34.5 Å². The Morgan fingerprint density at radius 3 is 2.67 bits per heavy atom. The molecule has 0 bridgehead atoms. The normalized spacial score (nSPS) is 10.8. The zero-order valence-electron chi connectivity index (χ0n) is 9.55. The summed E-state index contributed by atoms with van der Waals surface area (Å²) < 4.78 is 13.7. The van der Waals surface area contributed by atoms with Crippen LogP contribution in [-0.4, -0.2) is 6.54 Å². The van der Waals surface area contributed by atoms with Crippen molar-refractivity contribution in [2.45, 2.75) is 13.0 Å². The summed E-state index contributed by atoms with van der Waals surface area (Å²) in [5.74, 6) is -0.308. The van der Waals surface area contributed by atoms with Gasteiger partial charge in [0, 0.05) is 23.0 Å². The lowest BCUT2D eigenvalue weighted by Gasteiger charge is -2.06. The largest absolute Gasteiger partial charge is 0.312 e. The van der Waals surface area contributed by atoms with Gasteiger partial charge in [0.2, 0.25) is 0 Å². The smallest absolute Gasteiger partial charge is 0.124 e. The molecule has 18 heavy (non-hydrogen) atoms. The first-order chi connectivity index (χ1) is 8.65. The molecule has 96 valence electrons. The van der Waals surface area contributed by atoms with Crippen molar-refractivity contribution in [3.8, 4) is 0 Å². The van der Waals surface area contributed by atoms with Crippen LogP contribution < -0.4 is 5.32 Å². The van der Waals surface area contributed by atoms with Gasteiger partial charge in [0.25, 0.3) is 0 Å². The lowest BCUT2D eigenvalue weighted by Crippen LogP contribution is -2.16. The van der Waals surface area contributed by atoms with Gasteiger partial charge in [0.05, 0.1) is 4.34 Å². The van der Waals surface area contributed by atoms with Crippen LogP contribution in [0.1, 0.15) is 10.4 Å². The molecule has 2 rings (SSSR count). The van der Waals surface area contributed by atoms with Gasteiger partial charge in [-0.3, -0.25) is 0 Å². The van der Waals surface area contributed by atoms with Gasteiger partial charge in [-0.1, -0.05) is 29.3 Å². The van der Waals surface area contributed by atoms with Crippen LogP contribution in [0.3, 0.4) is 0 Å². The van der Waals surface area contributed by atoms with Gasteiger partial charge in [-0.05, 0) is 36.2 Å². The van der Waals surface area contributed by atoms with Gasteiger partial charge in [-0.25, -0.2) is 4.39 Å². The molecule has 1 aromatic heterocycles. The second kappa shape index (κ2) is 6.53. The monoisotopic (exact) mass is 303 g/mol. The highest BCUT2D eigenvalue weighted by molar-refractivity contribution is 7.16. The number of rotatable bonds is 5. The van der Waals surface area contributed by atoms with Crippen molar-refractivity contribution < 1.29 is 4.39 Å². The summed E-state index contributed by atoms with van der Waals surface area (Å²) in [6.07, 6.45) is 0.927. The Labute approximate surface area is 120 Å². The number of benzene rings is 1. The molecule has 0 aliphatic carbocycles. The Morgan fingerprint density at radius 2 is 2.00 bits per heavy atom. The first-order valence-corrected chi connectivity index (χ1v) is 7.11. The third-order valence-electron chi connectivity index (χ3n) is 2.51. The topological polar surface area (TPSA) is 12.0 Å². The third kappa shape index (κ3) is 3.95. The molecule has 0 spiro atoms. The Morgan fingerprint density at radius 1 is 1.17 bits per heavy atom. The molecule has 0 radical (unpaired) electrons. The lowest BCUT2D eigenvalue weighted by molar-refractivity contribution is 0.625. The highest BCUT2D eigenvalue weighted by Gasteiger charge is 2.02. The maximum atomic E-state index is 12.8. The number of thiophene rings is 1. The molecular weight excluding hydrogens is 292 g/mol. The van der Waals surface area contributed by atoms with Crippen LogP contribution >= 0.6 is 34.5 Å². The predicted molar refractivity (Wildman–Crippen MR) is 76.1 cm³/mol. The van der Waals surface area contributed by atoms with E-state index in [4.69, 9.17) is 23.2 Å². The molecule has 5 heteroatoms. The van der Waals surface area contributed by atoms with Crippen molar-refractivity contribution in [2.24, 2.45) is 0 Å². The SMILES string of the molecule is Fc1ccc(CNCCc2ccc(Cl)s2)c(Cl)c1. The summed E-state index contributed by atoms with van der Waals surface area (Å²) in [5.41, 5.74) is 0.905. The quantitative estimate of drug-likeness (QED) is 0.800. The molecule has 2 aromatic rings. The fraction of sp³-hybridized carbons (Fsp3) is 0.231. The van der Waals surface area contributed by atoms with Gasteiger partial charge in [0.15, 0.2) is 0 Å². The molecule has 0 saturated carbocycles. The fourth-order valence-corrected chi connectivity index (χ4v) is 2.91. The van der Waals surface area contributed by atoms with Crippen LogP contribution in [0.25, 0.3) is 0 Å². The summed E-state index contributed by atoms with van der Waals surface area (Å²) in [4.78, 5) is 1.25. The van der Waals surface area contributed by atoms with Crippen molar-refractivity contribution in [2.75, 3.05) is 6.54 Å². The summed E-state index contributed by atoms with van der Waals surface area (Å²) in [5, 5.41) is 3.74. The van der Waals surface area contributed by atoms with Crippen LogP contribution in [0.2, 0.25) is 9.36 Å². The Bertz CT molecular complexity index is 527. The summed E-state index contributed by atoms with van der Waals surface area (Å²) in [6.45, 7) is 1.47. The van der Waals surface area contributed by atoms with Gasteiger partial charge in [-0.2, -0.15) is 0 Å². The average Bonchev–Trinajstić information content (AvgIpc) is 2.73. The van der Waals surface area contributed by atoms with Crippen molar-refractivity contribution in [3.63, 3.8) is 0 Å². The molecule has 1 heterocycles. The predicted octanol–water partition coefficient (Wildman–Crippen LogP) is 4.53. The second-order valence-corrected chi connectivity index (χ2v) is 6.08. The second-order valence-electron chi connectivity index (χ2n) is 3.87. The number of hydrogen-bond acceptors (Lipinski definition) is 2. The molecular formula is C13H12Cl2FNS. The van der Waals surface area contributed by atoms with Gasteiger partial charge in [-0.15, -0.1) is 11.3 Å². The van der Waals surface area contributed by atoms with Crippen LogP contribution in [0, 0.1) is 5.82 Å². The molecule has 0 fully saturated rings. The zero-order valence-corrected chi connectivity index (χ0v) is 11.9. The van der Waals surface area contributed by atoms with Gasteiger partial charge >= 0.3 is 0 Å². The summed E-state index contributed by atoms with van der Waals surface area (Å²) in [7, 11) is 0. The minimum Gasteiger partial charge on any atom is -0.312 e.